The first-order valence-corrected chi connectivity index (χ1v) is 10.1. The van der Waals surface area contributed by atoms with Gasteiger partial charge in [0.25, 0.3) is 5.91 Å². The van der Waals surface area contributed by atoms with Gasteiger partial charge in [-0.3, -0.25) is 4.79 Å². The smallest absolute Gasteiger partial charge is 0.251 e. The summed E-state index contributed by atoms with van der Waals surface area (Å²) in [5.74, 6) is 2.69. The number of fused-ring (bicyclic) bond motifs is 1. The van der Waals surface area contributed by atoms with E-state index in [2.05, 4.69) is 19.2 Å². The van der Waals surface area contributed by atoms with Gasteiger partial charge in [0.05, 0.1) is 19.3 Å². The van der Waals surface area contributed by atoms with Crippen molar-refractivity contribution in [2.45, 2.75) is 33.7 Å². The van der Waals surface area contributed by atoms with Crippen LogP contribution in [0.25, 0.3) is 0 Å². The van der Waals surface area contributed by atoms with Crippen LogP contribution in [0, 0.1) is 5.92 Å². The summed E-state index contributed by atoms with van der Waals surface area (Å²) in [4.78, 5) is 13.0. The predicted octanol–water partition coefficient (Wildman–Crippen LogP) is 4.38. The molecule has 1 N–H and O–H groups in total. The number of nitrogens with one attached hydrogen (secondary N) is 1. The number of carbonyl (C=O) groups excluding carboxylic acids is 1. The molecule has 0 bridgehead atoms. The highest BCUT2D eigenvalue weighted by Crippen LogP contribution is 2.35. The van der Waals surface area contributed by atoms with Gasteiger partial charge < -0.3 is 24.3 Å². The standard InChI is InChI=1S/C23H29NO5/c1-5-26-18-10-8-17(14-20(18)27-6-2)23(25)24-22(15(3)4)16-7-9-19-21(13-16)29-12-11-28-19/h7-10,13-15,22H,5-6,11-12H2,1-4H3,(H,24,25). The molecule has 3 rings (SSSR count). The first kappa shape index (κ1) is 20.8. The van der Waals surface area contributed by atoms with Crippen molar-refractivity contribution < 1.29 is 23.7 Å². The second kappa shape index (κ2) is 9.54. The molecule has 1 heterocycles. The molecule has 0 saturated carbocycles. The van der Waals surface area contributed by atoms with Crippen LogP contribution in [0.1, 0.15) is 49.7 Å². The van der Waals surface area contributed by atoms with E-state index in [0.29, 0.717) is 49.2 Å². The minimum absolute atomic E-state index is 0.164. The SMILES string of the molecule is CCOc1ccc(C(=O)NC(c2ccc3c(c2)OCCO3)C(C)C)cc1OCC. The summed E-state index contributed by atoms with van der Waals surface area (Å²) >= 11 is 0. The highest BCUT2D eigenvalue weighted by atomic mass is 16.6. The summed E-state index contributed by atoms with van der Waals surface area (Å²) in [7, 11) is 0. The maximum atomic E-state index is 13.0. The molecule has 0 saturated heterocycles. The zero-order valence-corrected chi connectivity index (χ0v) is 17.5. The second-order valence-electron chi connectivity index (χ2n) is 7.13. The first-order valence-electron chi connectivity index (χ1n) is 10.1. The number of amides is 1. The molecule has 1 aliphatic heterocycles. The van der Waals surface area contributed by atoms with E-state index < -0.39 is 0 Å². The van der Waals surface area contributed by atoms with Crippen molar-refractivity contribution in [2.24, 2.45) is 5.92 Å². The Morgan fingerprint density at radius 3 is 2.34 bits per heavy atom. The minimum Gasteiger partial charge on any atom is -0.490 e. The van der Waals surface area contributed by atoms with E-state index in [1.54, 1.807) is 18.2 Å². The molecule has 6 nitrogen and oxygen atoms in total. The highest BCUT2D eigenvalue weighted by Gasteiger charge is 2.22. The van der Waals surface area contributed by atoms with E-state index in [9.17, 15) is 4.79 Å². The Hall–Kier alpha value is -2.89. The van der Waals surface area contributed by atoms with Crippen molar-refractivity contribution in [1.82, 2.24) is 5.32 Å². The largest absolute Gasteiger partial charge is 0.490 e. The molecular weight excluding hydrogens is 370 g/mol. The number of hydrogen-bond donors (Lipinski definition) is 1. The molecule has 0 aromatic heterocycles. The Balaban J connectivity index is 1.82. The Bertz CT molecular complexity index is 849. The van der Waals surface area contributed by atoms with E-state index in [-0.39, 0.29) is 17.9 Å². The van der Waals surface area contributed by atoms with Crippen LogP contribution in [0.5, 0.6) is 23.0 Å². The van der Waals surface area contributed by atoms with Gasteiger partial charge in [0.1, 0.15) is 13.2 Å². The third-order valence-electron chi connectivity index (χ3n) is 4.68. The van der Waals surface area contributed by atoms with Crippen molar-refractivity contribution in [1.29, 1.82) is 0 Å². The molecule has 2 aromatic rings. The van der Waals surface area contributed by atoms with Crippen LogP contribution in [0.15, 0.2) is 36.4 Å². The molecule has 156 valence electrons. The third kappa shape index (κ3) is 4.94. The van der Waals surface area contributed by atoms with Crippen LogP contribution in [0.2, 0.25) is 0 Å². The topological polar surface area (TPSA) is 66.0 Å². The fourth-order valence-corrected chi connectivity index (χ4v) is 3.31. The fraction of sp³-hybridized carbons (Fsp3) is 0.435. The van der Waals surface area contributed by atoms with Gasteiger partial charge in [-0.15, -0.1) is 0 Å². The fourth-order valence-electron chi connectivity index (χ4n) is 3.31. The van der Waals surface area contributed by atoms with Gasteiger partial charge in [-0.2, -0.15) is 0 Å². The number of benzene rings is 2. The van der Waals surface area contributed by atoms with Gasteiger partial charge in [-0.05, 0) is 55.7 Å². The van der Waals surface area contributed by atoms with E-state index >= 15 is 0 Å². The van der Waals surface area contributed by atoms with Crippen molar-refractivity contribution in [3.8, 4) is 23.0 Å². The molecular formula is C23H29NO5. The molecule has 0 spiro atoms. The number of carbonyl (C=O) groups is 1. The molecule has 1 aliphatic rings. The Morgan fingerprint density at radius 1 is 0.966 bits per heavy atom. The van der Waals surface area contributed by atoms with Crippen molar-refractivity contribution in [2.75, 3.05) is 26.4 Å². The summed E-state index contributed by atoms with van der Waals surface area (Å²) in [5.41, 5.74) is 1.51. The minimum atomic E-state index is -0.166. The molecule has 1 amide bonds. The highest BCUT2D eigenvalue weighted by molar-refractivity contribution is 5.95. The lowest BCUT2D eigenvalue weighted by molar-refractivity contribution is 0.0924. The maximum Gasteiger partial charge on any atom is 0.251 e. The lowest BCUT2D eigenvalue weighted by atomic mass is 9.95. The van der Waals surface area contributed by atoms with Gasteiger partial charge in [-0.1, -0.05) is 19.9 Å². The maximum absolute atomic E-state index is 13.0. The Kier molecular flexibility index (Phi) is 6.86. The average Bonchev–Trinajstić information content (AvgIpc) is 2.73. The van der Waals surface area contributed by atoms with Gasteiger partial charge in [-0.25, -0.2) is 0 Å². The monoisotopic (exact) mass is 399 g/mol. The Morgan fingerprint density at radius 2 is 1.66 bits per heavy atom. The molecule has 1 atom stereocenters. The normalized spacial score (nSPS) is 13.7. The molecule has 6 heteroatoms. The van der Waals surface area contributed by atoms with E-state index in [1.807, 2.05) is 32.0 Å². The first-order chi connectivity index (χ1) is 14.0. The number of ether oxygens (including phenoxy) is 4. The Labute approximate surface area is 172 Å². The second-order valence-corrected chi connectivity index (χ2v) is 7.13. The zero-order chi connectivity index (χ0) is 20.8. The molecule has 0 radical (unpaired) electrons. The van der Waals surface area contributed by atoms with E-state index in [0.717, 1.165) is 11.3 Å². The summed E-state index contributed by atoms with van der Waals surface area (Å²) in [6.45, 7) is 10.1. The lowest BCUT2D eigenvalue weighted by Gasteiger charge is -2.25. The van der Waals surface area contributed by atoms with Gasteiger partial charge in [0, 0.05) is 5.56 Å². The van der Waals surface area contributed by atoms with Crippen LogP contribution in [-0.4, -0.2) is 32.3 Å². The van der Waals surface area contributed by atoms with Crippen LogP contribution in [0.3, 0.4) is 0 Å². The van der Waals surface area contributed by atoms with Crippen molar-refractivity contribution in [3.05, 3.63) is 47.5 Å². The molecule has 2 aromatic carbocycles. The van der Waals surface area contributed by atoms with Gasteiger partial charge in [0.15, 0.2) is 23.0 Å². The van der Waals surface area contributed by atoms with Crippen molar-refractivity contribution >= 4 is 5.91 Å². The molecule has 0 aliphatic carbocycles. The van der Waals surface area contributed by atoms with Crippen LogP contribution >= 0.6 is 0 Å². The van der Waals surface area contributed by atoms with Gasteiger partial charge >= 0.3 is 0 Å². The average molecular weight is 399 g/mol. The zero-order valence-electron chi connectivity index (χ0n) is 17.5. The van der Waals surface area contributed by atoms with Crippen molar-refractivity contribution in [3.63, 3.8) is 0 Å². The molecule has 29 heavy (non-hydrogen) atoms. The number of rotatable bonds is 8. The van der Waals surface area contributed by atoms with Gasteiger partial charge in [0.2, 0.25) is 0 Å². The lowest BCUT2D eigenvalue weighted by Crippen LogP contribution is -2.32. The van der Waals surface area contributed by atoms with E-state index in [4.69, 9.17) is 18.9 Å². The third-order valence-corrected chi connectivity index (χ3v) is 4.68. The van der Waals surface area contributed by atoms with Crippen LogP contribution in [-0.2, 0) is 0 Å². The summed E-state index contributed by atoms with van der Waals surface area (Å²) < 4.78 is 22.5. The predicted molar refractivity (Wildman–Crippen MR) is 111 cm³/mol. The molecule has 0 fully saturated rings. The quantitative estimate of drug-likeness (QED) is 0.713. The summed E-state index contributed by atoms with van der Waals surface area (Å²) in [5, 5.41) is 3.14. The van der Waals surface area contributed by atoms with E-state index in [1.165, 1.54) is 0 Å². The van der Waals surface area contributed by atoms with Crippen LogP contribution < -0.4 is 24.3 Å². The number of hydrogen-bond acceptors (Lipinski definition) is 5. The molecule has 1 unspecified atom stereocenters. The summed E-state index contributed by atoms with van der Waals surface area (Å²) in [6.07, 6.45) is 0. The van der Waals surface area contributed by atoms with Crippen LogP contribution in [0.4, 0.5) is 0 Å². The summed E-state index contributed by atoms with van der Waals surface area (Å²) in [6, 6.07) is 10.9.